The van der Waals surface area contributed by atoms with Crippen molar-refractivity contribution in [2.24, 2.45) is 5.41 Å². The molecule has 1 saturated heterocycles. The first-order valence-corrected chi connectivity index (χ1v) is 15.7. The van der Waals surface area contributed by atoms with E-state index in [1.54, 1.807) is 6.07 Å². The van der Waals surface area contributed by atoms with Gasteiger partial charge in [0.15, 0.2) is 6.61 Å². The summed E-state index contributed by atoms with van der Waals surface area (Å²) in [5.74, 6) is -1.19. The van der Waals surface area contributed by atoms with E-state index in [9.17, 15) is 18.7 Å². The van der Waals surface area contributed by atoms with Crippen molar-refractivity contribution < 1.29 is 28.3 Å². The van der Waals surface area contributed by atoms with Crippen molar-refractivity contribution in [2.75, 3.05) is 6.61 Å². The van der Waals surface area contributed by atoms with E-state index in [0.29, 0.717) is 32.1 Å². The lowest BCUT2D eigenvalue weighted by molar-refractivity contribution is -0.204. The first kappa shape index (κ1) is 30.0. The molecular weight excluding hydrogens is 587 g/mol. The van der Waals surface area contributed by atoms with Gasteiger partial charge < -0.3 is 15.2 Å². The van der Waals surface area contributed by atoms with Crippen molar-refractivity contribution in [3.05, 3.63) is 63.6 Å². The predicted octanol–water partition coefficient (Wildman–Crippen LogP) is 6.41. The minimum Gasteiger partial charge on any atom is -0.484 e. The van der Waals surface area contributed by atoms with Crippen molar-refractivity contribution in [3.8, 4) is 5.75 Å². The molecule has 7 nitrogen and oxygen atoms in total. The summed E-state index contributed by atoms with van der Waals surface area (Å²) in [6.45, 7) is -0.269. The van der Waals surface area contributed by atoms with Gasteiger partial charge in [-0.2, -0.15) is 5.48 Å². The molecule has 5 aliphatic rings. The number of benzene rings is 2. The van der Waals surface area contributed by atoms with Crippen LogP contribution in [0.1, 0.15) is 82.4 Å². The van der Waals surface area contributed by atoms with Crippen LogP contribution in [0.3, 0.4) is 0 Å². The van der Waals surface area contributed by atoms with Gasteiger partial charge in [-0.05, 0) is 74.8 Å². The third-order valence-electron chi connectivity index (χ3n) is 9.91. The topological polar surface area (TPSA) is 83.1 Å². The number of amides is 1. The number of hydroxylamine groups is 1. The Morgan fingerprint density at radius 3 is 2.33 bits per heavy atom. The Morgan fingerprint density at radius 2 is 1.69 bits per heavy atom. The van der Waals surface area contributed by atoms with Gasteiger partial charge in [-0.15, -0.1) is 0 Å². The lowest BCUT2D eigenvalue weighted by Gasteiger charge is -2.59. The molecule has 2 unspecified atom stereocenters. The summed E-state index contributed by atoms with van der Waals surface area (Å²) in [5.41, 5.74) is 2.85. The second-order valence-electron chi connectivity index (χ2n) is 12.4. The third-order valence-corrected chi connectivity index (χ3v) is 10.5. The molecule has 1 heterocycles. The number of carbonyl (C=O) groups is 1. The maximum Gasteiger partial charge on any atom is 0.258 e. The van der Waals surface area contributed by atoms with Crippen LogP contribution in [0.4, 0.5) is 8.78 Å². The van der Waals surface area contributed by atoms with Gasteiger partial charge in [0.1, 0.15) is 29.8 Å². The summed E-state index contributed by atoms with van der Waals surface area (Å²) in [4.78, 5) is 21.6. The van der Waals surface area contributed by atoms with E-state index < -0.39 is 34.9 Å². The summed E-state index contributed by atoms with van der Waals surface area (Å²) in [5, 5.41) is 14.9. The molecule has 11 heteroatoms. The molecule has 42 heavy (non-hydrogen) atoms. The highest BCUT2D eigenvalue weighted by molar-refractivity contribution is 6.31. The van der Waals surface area contributed by atoms with Crippen LogP contribution in [-0.4, -0.2) is 46.4 Å². The van der Waals surface area contributed by atoms with E-state index in [4.69, 9.17) is 32.8 Å². The van der Waals surface area contributed by atoms with Gasteiger partial charge in [0.25, 0.3) is 5.91 Å². The van der Waals surface area contributed by atoms with E-state index in [1.807, 2.05) is 6.07 Å². The number of carbonyl (C=O) groups excluding carboxylic acids is 1. The summed E-state index contributed by atoms with van der Waals surface area (Å²) in [6, 6.07) is 9.13. The Labute approximate surface area is 254 Å². The van der Waals surface area contributed by atoms with E-state index in [1.165, 1.54) is 31.0 Å². The van der Waals surface area contributed by atoms with Crippen molar-refractivity contribution in [1.82, 2.24) is 15.7 Å². The highest BCUT2D eigenvalue weighted by Gasteiger charge is 2.62. The highest BCUT2D eigenvalue weighted by atomic mass is 35.5. The maximum absolute atomic E-state index is 14.5. The van der Waals surface area contributed by atoms with Gasteiger partial charge in [0.2, 0.25) is 0 Å². The molecule has 1 aliphatic heterocycles. The first-order valence-electron chi connectivity index (χ1n) is 14.9. The van der Waals surface area contributed by atoms with Crippen molar-refractivity contribution in [2.45, 2.75) is 101 Å². The van der Waals surface area contributed by atoms with E-state index in [-0.39, 0.29) is 40.5 Å². The van der Waals surface area contributed by atoms with Crippen molar-refractivity contribution in [3.63, 3.8) is 0 Å². The lowest BCUT2D eigenvalue weighted by atomic mass is 9.54. The predicted molar refractivity (Wildman–Crippen MR) is 155 cm³/mol. The Balaban J connectivity index is 1.18. The lowest BCUT2D eigenvalue weighted by Crippen LogP contribution is -2.67. The fourth-order valence-corrected chi connectivity index (χ4v) is 7.86. The van der Waals surface area contributed by atoms with E-state index >= 15 is 0 Å². The van der Waals surface area contributed by atoms with E-state index in [0.717, 1.165) is 37.3 Å². The number of halogens is 4. The molecule has 0 aromatic heterocycles. The zero-order valence-electron chi connectivity index (χ0n) is 23.4. The van der Waals surface area contributed by atoms with Crippen LogP contribution in [0.25, 0.3) is 0 Å². The van der Waals surface area contributed by atoms with Crippen LogP contribution in [0, 0.1) is 17.0 Å². The molecule has 1 amide bonds. The van der Waals surface area contributed by atoms with Gasteiger partial charge >= 0.3 is 0 Å². The van der Waals surface area contributed by atoms with Crippen LogP contribution < -0.4 is 15.5 Å². The second-order valence-corrected chi connectivity index (χ2v) is 13.2. The van der Waals surface area contributed by atoms with Crippen molar-refractivity contribution in [1.29, 1.82) is 0 Å². The standard InChI is InChI=1S/C31H37Cl2F2N3O4/c32-22-9-7-19(15-24(22)34)28-37-42-29(38(28)20-5-3-1-2-4-6-20)31-13-11-30(12-14-31,17-26(31)39)36-27(40)18-41-21-8-10-23(33)25(35)16-21/h7-10,15-16,20,26,28-29,37,39H,1-6,11-14,17-18H2,(H,36,40)/t26-,28?,29?,30?,31?/m1/s1. The number of aliphatic hydroxyl groups excluding tert-OH is 1. The minimum atomic E-state index is -0.715. The molecule has 2 aromatic carbocycles. The highest BCUT2D eigenvalue weighted by Crippen LogP contribution is 2.57. The molecule has 2 bridgehead atoms. The average molecular weight is 625 g/mol. The molecule has 2 aromatic rings. The summed E-state index contributed by atoms with van der Waals surface area (Å²) >= 11 is 11.7. The van der Waals surface area contributed by atoms with Crippen LogP contribution >= 0.6 is 23.2 Å². The van der Waals surface area contributed by atoms with E-state index in [2.05, 4.69) is 15.7 Å². The molecule has 7 rings (SSSR count). The van der Waals surface area contributed by atoms with Crippen molar-refractivity contribution >= 4 is 29.1 Å². The average Bonchev–Trinajstić information content (AvgIpc) is 3.24. The van der Waals surface area contributed by atoms with Gasteiger partial charge in [-0.1, -0.05) is 55.0 Å². The first-order chi connectivity index (χ1) is 20.2. The molecule has 3 N–H and O–H groups in total. The summed E-state index contributed by atoms with van der Waals surface area (Å²) < 4.78 is 33.8. The van der Waals surface area contributed by atoms with Gasteiger partial charge in [0.05, 0.1) is 16.1 Å². The third kappa shape index (κ3) is 5.76. The fraction of sp³-hybridized carbons (Fsp3) is 0.581. The van der Waals surface area contributed by atoms with Gasteiger partial charge in [-0.25, -0.2) is 8.78 Å². The van der Waals surface area contributed by atoms with Crippen LogP contribution in [-0.2, 0) is 9.63 Å². The number of hydrogen-bond donors (Lipinski definition) is 3. The SMILES string of the molecule is O=C(COc1ccc(Cl)c(F)c1)NC12CCC(C3ONC(c4ccc(Cl)c(F)c4)N3C3CCCCCC3)(CC1)[C@H](O)C2. The van der Waals surface area contributed by atoms with Crippen LogP contribution in [0.5, 0.6) is 5.75 Å². The summed E-state index contributed by atoms with van der Waals surface area (Å²) in [7, 11) is 0. The zero-order valence-corrected chi connectivity index (χ0v) is 24.9. The van der Waals surface area contributed by atoms with Gasteiger partial charge in [0, 0.05) is 23.1 Å². The molecule has 0 radical (unpaired) electrons. The van der Waals surface area contributed by atoms with Crippen LogP contribution in [0.15, 0.2) is 36.4 Å². The smallest absolute Gasteiger partial charge is 0.258 e. The minimum absolute atomic E-state index is 0.0155. The molecule has 4 saturated carbocycles. The molecular formula is C31H37Cl2F2N3O4. The monoisotopic (exact) mass is 623 g/mol. The van der Waals surface area contributed by atoms with Crippen LogP contribution in [0.2, 0.25) is 10.0 Å². The number of hydrogen-bond acceptors (Lipinski definition) is 6. The number of nitrogens with zero attached hydrogens (tertiary/aromatic N) is 1. The molecule has 4 aliphatic carbocycles. The van der Waals surface area contributed by atoms with Gasteiger partial charge in [-0.3, -0.25) is 14.5 Å². The number of ether oxygens (including phenoxy) is 1. The number of nitrogens with one attached hydrogen (secondary N) is 2. The Kier molecular flexibility index (Phi) is 8.71. The number of rotatable bonds is 7. The Bertz CT molecular complexity index is 1300. The number of fused-ring (bicyclic) bond motifs is 3. The molecule has 0 spiro atoms. The Morgan fingerprint density at radius 1 is 1.02 bits per heavy atom. The molecule has 228 valence electrons. The zero-order chi connectivity index (χ0) is 29.5. The second kappa shape index (κ2) is 12.2. The normalized spacial score (nSPS) is 32.1. The molecule has 3 atom stereocenters. The Hall–Kier alpha value is -2.01. The maximum atomic E-state index is 14.5. The molecule has 5 fully saturated rings. The summed E-state index contributed by atoms with van der Waals surface area (Å²) in [6.07, 6.45) is 8.24. The fourth-order valence-electron chi connectivity index (χ4n) is 7.62. The largest absolute Gasteiger partial charge is 0.484 e. The quantitative estimate of drug-likeness (QED) is 0.309. The number of aliphatic hydroxyl groups is 1.